The van der Waals surface area contributed by atoms with Crippen molar-refractivity contribution < 1.29 is 28.4 Å². The van der Waals surface area contributed by atoms with Crippen LogP contribution in [0.3, 0.4) is 0 Å². The lowest BCUT2D eigenvalue weighted by Crippen LogP contribution is -2.30. The first kappa shape index (κ1) is 23.3. The van der Waals surface area contributed by atoms with Crippen LogP contribution < -0.4 is 10.8 Å². The van der Waals surface area contributed by atoms with E-state index in [1.54, 1.807) is 12.1 Å². The number of nitrogens with one attached hydrogen (secondary N) is 2. The van der Waals surface area contributed by atoms with Crippen LogP contribution in [0, 0.1) is 5.82 Å². The molecular formula is C22H20FN5O5S. The van der Waals surface area contributed by atoms with Gasteiger partial charge in [0.15, 0.2) is 17.0 Å². The van der Waals surface area contributed by atoms with E-state index < -0.39 is 12.0 Å². The van der Waals surface area contributed by atoms with Gasteiger partial charge in [0, 0.05) is 24.4 Å². The Morgan fingerprint density at radius 3 is 2.74 bits per heavy atom. The van der Waals surface area contributed by atoms with Gasteiger partial charge >= 0.3 is 5.97 Å². The van der Waals surface area contributed by atoms with E-state index >= 15 is 0 Å². The molecule has 0 saturated carbocycles. The van der Waals surface area contributed by atoms with Crippen LogP contribution in [0.5, 0.6) is 0 Å². The standard InChI is InChI=1S/C22H20FN5O5S/c1-31-11-17(21(29)32-2)25-20(27-30)18-10-16(28-33-18)12-3-6-14(7-4-12)24-22-26-15-8-5-13(23)9-19(15)34-22/h3-10,17,30H,11H2,1-2H3,(H,24,26)(H,25,27). The molecule has 10 nitrogen and oxygen atoms in total. The molecule has 2 aromatic carbocycles. The van der Waals surface area contributed by atoms with Gasteiger partial charge in [-0.1, -0.05) is 28.6 Å². The number of amidine groups is 1. The van der Waals surface area contributed by atoms with Gasteiger partial charge in [-0.25, -0.2) is 24.6 Å². The SMILES string of the molecule is COCC(N=C(NO)c1cc(-c2ccc(Nc3nc4ccc(F)cc4s3)cc2)no1)C(=O)OC. The van der Waals surface area contributed by atoms with Crippen molar-refractivity contribution in [3.8, 4) is 11.3 Å². The van der Waals surface area contributed by atoms with Crippen LogP contribution in [-0.4, -0.2) is 54.0 Å². The minimum Gasteiger partial charge on any atom is -0.467 e. The van der Waals surface area contributed by atoms with Gasteiger partial charge in [0.05, 0.1) is 23.9 Å². The van der Waals surface area contributed by atoms with Crippen LogP contribution in [-0.2, 0) is 14.3 Å². The number of halogens is 1. The second-order valence-electron chi connectivity index (χ2n) is 6.99. The molecule has 3 N–H and O–H groups in total. The number of thiazole rings is 1. The molecule has 0 fully saturated rings. The highest BCUT2D eigenvalue weighted by Gasteiger charge is 2.21. The fraction of sp³-hybridized carbons (Fsp3) is 0.182. The molecule has 4 rings (SSSR count). The highest BCUT2D eigenvalue weighted by molar-refractivity contribution is 7.22. The summed E-state index contributed by atoms with van der Waals surface area (Å²) in [6.07, 6.45) is 0. The Bertz CT molecular complexity index is 1320. The molecule has 34 heavy (non-hydrogen) atoms. The number of rotatable bonds is 8. The number of hydroxylamine groups is 1. The zero-order chi connectivity index (χ0) is 24.1. The highest BCUT2D eigenvalue weighted by atomic mass is 32.1. The predicted molar refractivity (Wildman–Crippen MR) is 124 cm³/mol. The summed E-state index contributed by atoms with van der Waals surface area (Å²) in [5.41, 5.74) is 4.65. The third-order valence-electron chi connectivity index (χ3n) is 4.71. The number of benzene rings is 2. The quantitative estimate of drug-likeness (QED) is 0.148. The number of carbonyl (C=O) groups is 1. The van der Waals surface area contributed by atoms with Crippen molar-refractivity contribution in [3.63, 3.8) is 0 Å². The smallest absolute Gasteiger partial charge is 0.333 e. The van der Waals surface area contributed by atoms with Crippen molar-refractivity contribution in [2.24, 2.45) is 4.99 Å². The summed E-state index contributed by atoms with van der Waals surface area (Å²) in [5.74, 6) is -0.915. The van der Waals surface area contributed by atoms with E-state index in [0.717, 1.165) is 21.5 Å². The summed E-state index contributed by atoms with van der Waals surface area (Å²) < 4.78 is 29.1. The van der Waals surface area contributed by atoms with Crippen LogP contribution in [0.4, 0.5) is 15.2 Å². The van der Waals surface area contributed by atoms with Crippen molar-refractivity contribution in [3.05, 3.63) is 60.1 Å². The normalized spacial score (nSPS) is 12.5. The molecule has 12 heteroatoms. The first-order chi connectivity index (χ1) is 16.5. The summed E-state index contributed by atoms with van der Waals surface area (Å²) in [4.78, 5) is 20.4. The summed E-state index contributed by atoms with van der Waals surface area (Å²) in [6, 6.07) is 12.3. The molecule has 1 unspecified atom stereocenters. The minimum atomic E-state index is -0.998. The Balaban J connectivity index is 1.50. The maximum absolute atomic E-state index is 13.4. The molecule has 0 aliphatic carbocycles. The van der Waals surface area contributed by atoms with Crippen LogP contribution in [0.15, 0.2) is 58.0 Å². The first-order valence-electron chi connectivity index (χ1n) is 9.96. The van der Waals surface area contributed by atoms with Crippen LogP contribution in [0.1, 0.15) is 5.76 Å². The molecular weight excluding hydrogens is 465 g/mol. The zero-order valence-corrected chi connectivity index (χ0v) is 18.9. The highest BCUT2D eigenvalue weighted by Crippen LogP contribution is 2.29. The summed E-state index contributed by atoms with van der Waals surface area (Å²) in [5, 5.41) is 17.3. The third-order valence-corrected chi connectivity index (χ3v) is 5.65. The van der Waals surface area contributed by atoms with Crippen molar-refractivity contribution in [2.45, 2.75) is 6.04 Å². The maximum atomic E-state index is 13.4. The number of methoxy groups -OCH3 is 2. The Morgan fingerprint density at radius 2 is 2.03 bits per heavy atom. The van der Waals surface area contributed by atoms with Gasteiger partial charge in [-0.05, 0) is 30.3 Å². The average Bonchev–Trinajstić information content (AvgIpc) is 3.48. The first-order valence-corrected chi connectivity index (χ1v) is 10.8. The molecule has 2 heterocycles. The summed E-state index contributed by atoms with van der Waals surface area (Å²) in [7, 11) is 2.65. The van der Waals surface area contributed by atoms with Gasteiger partial charge in [-0.2, -0.15) is 0 Å². The van der Waals surface area contributed by atoms with Crippen molar-refractivity contribution in [1.82, 2.24) is 15.6 Å². The number of hydrogen-bond acceptors (Lipinski definition) is 10. The van der Waals surface area contributed by atoms with Gasteiger partial charge in [0.2, 0.25) is 5.76 Å². The number of hydrogen-bond donors (Lipinski definition) is 3. The topological polar surface area (TPSA) is 131 Å². The third kappa shape index (κ3) is 5.20. The van der Waals surface area contributed by atoms with E-state index in [1.165, 1.54) is 37.7 Å². The number of ether oxygens (including phenoxy) is 2. The van der Waals surface area contributed by atoms with E-state index in [2.05, 4.69) is 25.2 Å². The van der Waals surface area contributed by atoms with Gasteiger partial charge in [0.1, 0.15) is 11.5 Å². The lowest BCUT2D eigenvalue weighted by Gasteiger charge is -2.10. The van der Waals surface area contributed by atoms with Crippen LogP contribution in [0.25, 0.3) is 21.5 Å². The molecule has 0 bridgehead atoms. The molecule has 0 spiro atoms. The van der Waals surface area contributed by atoms with E-state index in [9.17, 15) is 14.4 Å². The van der Waals surface area contributed by atoms with E-state index in [1.807, 2.05) is 29.7 Å². The number of carbonyl (C=O) groups excluding carboxylic acids is 1. The second kappa shape index (κ2) is 10.4. The van der Waals surface area contributed by atoms with Gasteiger partial charge < -0.3 is 19.3 Å². The predicted octanol–water partition coefficient (Wildman–Crippen LogP) is 3.75. The molecule has 176 valence electrons. The molecule has 2 aromatic heterocycles. The molecule has 4 aromatic rings. The van der Waals surface area contributed by atoms with Gasteiger partial charge in [-0.15, -0.1) is 0 Å². The molecule has 0 aliphatic rings. The van der Waals surface area contributed by atoms with Gasteiger partial charge in [0.25, 0.3) is 0 Å². The van der Waals surface area contributed by atoms with E-state index in [-0.39, 0.29) is 24.0 Å². The minimum absolute atomic E-state index is 0.0447. The van der Waals surface area contributed by atoms with Crippen LogP contribution >= 0.6 is 11.3 Å². The van der Waals surface area contributed by atoms with E-state index in [0.29, 0.717) is 10.8 Å². The van der Waals surface area contributed by atoms with Gasteiger partial charge in [-0.3, -0.25) is 5.21 Å². The number of nitrogens with zero attached hydrogens (tertiary/aromatic N) is 3. The van der Waals surface area contributed by atoms with Crippen molar-refractivity contribution in [2.75, 3.05) is 26.1 Å². The van der Waals surface area contributed by atoms with Crippen molar-refractivity contribution >= 4 is 44.2 Å². The molecule has 0 radical (unpaired) electrons. The Morgan fingerprint density at radius 1 is 1.24 bits per heavy atom. The summed E-state index contributed by atoms with van der Waals surface area (Å²) in [6.45, 7) is -0.0447. The fourth-order valence-corrected chi connectivity index (χ4v) is 3.99. The number of esters is 1. The molecule has 1 atom stereocenters. The second-order valence-corrected chi connectivity index (χ2v) is 8.02. The van der Waals surface area contributed by atoms with Crippen molar-refractivity contribution in [1.29, 1.82) is 0 Å². The maximum Gasteiger partial charge on any atom is 0.333 e. The summed E-state index contributed by atoms with van der Waals surface area (Å²) >= 11 is 1.35. The lowest BCUT2D eigenvalue weighted by atomic mass is 10.1. The zero-order valence-electron chi connectivity index (χ0n) is 18.1. The number of aliphatic imine (C=N–C) groups is 1. The molecule has 0 saturated heterocycles. The monoisotopic (exact) mass is 485 g/mol. The van der Waals surface area contributed by atoms with E-state index in [4.69, 9.17) is 9.26 Å². The Hall–Kier alpha value is -3.87. The Kier molecular flexibility index (Phi) is 7.11. The number of aromatic nitrogens is 2. The molecule has 0 amide bonds. The average molecular weight is 485 g/mol. The fourth-order valence-electron chi connectivity index (χ4n) is 3.08. The Labute approximate surface area is 197 Å². The lowest BCUT2D eigenvalue weighted by molar-refractivity contribution is -0.143. The molecule has 0 aliphatic heterocycles. The number of anilines is 2. The number of fused-ring (bicyclic) bond motifs is 1. The van der Waals surface area contributed by atoms with Crippen LogP contribution in [0.2, 0.25) is 0 Å². The largest absolute Gasteiger partial charge is 0.467 e.